The van der Waals surface area contributed by atoms with Crippen molar-refractivity contribution in [2.45, 2.75) is 143 Å². The van der Waals surface area contributed by atoms with Crippen LogP contribution in [0.1, 0.15) is 106 Å². The number of amides is 2. The number of rotatable bonds is 7. The molecule has 2 aromatic rings. The summed E-state index contributed by atoms with van der Waals surface area (Å²) in [4.78, 5) is 32.2. The molecule has 4 aliphatic heterocycles. The Hall–Kier alpha value is -3.18. The first kappa shape index (κ1) is 37.8. The summed E-state index contributed by atoms with van der Waals surface area (Å²) in [7, 11) is 3.43. The van der Waals surface area contributed by atoms with Gasteiger partial charge < -0.3 is 29.9 Å². The molecule has 8 fully saturated rings. The minimum atomic E-state index is -0.759. The van der Waals surface area contributed by atoms with Crippen molar-refractivity contribution < 1.29 is 29.3 Å². The Morgan fingerprint density at radius 3 is 1.76 bits per heavy atom. The number of nitrogens with one attached hydrogen (secondary N) is 1. The smallest absolute Gasteiger partial charge is 0.223 e. The van der Waals surface area contributed by atoms with Gasteiger partial charge in [0.05, 0.1) is 25.4 Å². The molecule has 10 heteroatoms. The summed E-state index contributed by atoms with van der Waals surface area (Å²) in [6.45, 7) is 7.22. The van der Waals surface area contributed by atoms with Crippen LogP contribution < -0.4 is 14.8 Å². The lowest BCUT2D eigenvalue weighted by Crippen LogP contribution is -2.75. The maximum atomic E-state index is 12.7. The number of nitrogens with zero attached hydrogens (tertiary/aromatic N) is 3. The molecule has 0 unspecified atom stereocenters. The van der Waals surface area contributed by atoms with Crippen molar-refractivity contribution in [3.8, 4) is 11.5 Å². The molecule has 4 saturated heterocycles. The lowest BCUT2D eigenvalue weighted by molar-refractivity contribution is -0.184. The van der Waals surface area contributed by atoms with Gasteiger partial charge in [-0.3, -0.25) is 19.4 Å². The van der Waals surface area contributed by atoms with Crippen LogP contribution in [0.3, 0.4) is 0 Å². The number of methoxy groups -OCH3 is 2. The van der Waals surface area contributed by atoms with Crippen LogP contribution in [-0.2, 0) is 33.3 Å². The standard InChI is InChI=1S/C25H34N2O3.C23H30N2O3/c1-3-27-21-14-24-8-9-26(15-16-4-5-16)22(25(24,29)13-18(21)11-23(27)28)10-17-6-7-19(30-2)12-20(17)24;1-28-17-5-4-15-8-20-23(27)11-16-9-21(26)24-19(16)12-22(23,18(15)10-17)6-7-25(20)13-14-2-3-14/h6-7,12,16,18,21-22,29H,3-5,8-11,13-15H2,1-2H3;4-5,10,14,16,19-20,27H,2-3,6-9,11-13H2,1H3,(H,24,26)/t18-,21+,22-,24-,25-;16-,19+,20-,22-,23-/m11/s1. The van der Waals surface area contributed by atoms with Crippen LogP contribution in [-0.4, -0.2) is 119 Å². The summed E-state index contributed by atoms with van der Waals surface area (Å²) in [6.07, 6.45) is 13.5. The topological polar surface area (TPSA) is 115 Å². The van der Waals surface area contributed by atoms with E-state index < -0.39 is 11.2 Å². The fraction of sp³-hybridized carbons (Fsp3) is 0.708. The molecule has 4 saturated carbocycles. The summed E-state index contributed by atoms with van der Waals surface area (Å²) in [6, 6.07) is 13.7. The van der Waals surface area contributed by atoms with Gasteiger partial charge in [-0.25, -0.2) is 0 Å². The Labute approximate surface area is 344 Å². The number of ether oxygens (including phenoxy) is 2. The van der Waals surface area contributed by atoms with Crippen LogP contribution in [0.25, 0.3) is 0 Å². The number of hydrogen-bond acceptors (Lipinski definition) is 8. The molecule has 10 aliphatic rings. The van der Waals surface area contributed by atoms with Crippen LogP contribution in [0.5, 0.6) is 11.5 Å². The van der Waals surface area contributed by atoms with Gasteiger partial charge >= 0.3 is 0 Å². The molecule has 58 heavy (non-hydrogen) atoms. The average molecular weight is 793 g/mol. The Morgan fingerprint density at radius 2 is 1.24 bits per heavy atom. The molecule has 4 bridgehead atoms. The lowest BCUT2D eigenvalue weighted by Gasteiger charge is -2.66. The Balaban J connectivity index is 0.000000133. The minimum absolute atomic E-state index is 0.156. The minimum Gasteiger partial charge on any atom is -0.497 e. The maximum absolute atomic E-state index is 12.7. The monoisotopic (exact) mass is 792 g/mol. The molecular weight excluding hydrogens is 729 g/mol. The van der Waals surface area contributed by atoms with Crippen LogP contribution in [0, 0.1) is 23.7 Å². The van der Waals surface area contributed by atoms with Crippen molar-refractivity contribution in [2.75, 3.05) is 46.9 Å². The average Bonchev–Trinajstić information content (AvgIpc) is 4.14. The number of hydrogen-bond donors (Lipinski definition) is 3. The van der Waals surface area contributed by atoms with E-state index in [-0.39, 0.29) is 58.6 Å². The van der Waals surface area contributed by atoms with E-state index >= 15 is 0 Å². The molecule has 0 radical (unpaired) electrons. The number of fused-ring (bicyclic) bond motifs is 4. The predicted octanol–water partition coefficient (Wildman–Crippen LogP) is 4.74. The Morgan fingerprint density at radius 1 is 0.707 bits per heavy atom. The first-order valence-electron chi connectivity index (χ1n) is 22.9. The van der Waals surface area contributed by atoms with E-state index in [0.717, 1.165) is 107 Å². The summed E-state index contributed by atoms with van der Waals surface area (Å²) in [5.41, 5.74) is 3.22. The first-order chi connectivity index (χ1) is 28.0. The summed E-state index contributed by atoms with van der Waals surface area (Å²) < 4.78 is 11.1. The molecule has 2 aromatic carbocycles. The molecule has 6 aliphatic carbocycles. The van der Waals surface area contributed by atoms with Crippen molar-refractivity contribution in [3.05, 3.63) is 58.7 Å². The third kappa shape index (κ3) is 5.48. The molecule has 10 nitrogen and oxygen atoms in total. The molecule has 12 rings (SSSR count). The number of carbonyl (C=O) groups excluding carboxylic acids is 2. The number of benzene rings is 2. The van der Waals surface area contributed by atoms with E-state index in [1.54, 1.807) is 14.2 Å². The van der Waals surface area contributed by atoms with Crippen molar-refractivity contribution >= 4 is 11.8 Å². The number of carbonyl (C=O) groups is 2. The molecule has 0 spiro atoms. The Bertz CT molecular complexity index is 2000. The molecule has 2 amide bonds. The van der Waals surface area contributed by atoms with E-state index in [2.05, 4.69) is 63.3 Å². The van der Waals surface area contributed by atoms with Crippen LogP contribution >= 0.6 is 0 Å². The Kier molecular flexibility index (Phi) is 8.74. The zero-order chi connectivity index (χ0) is 39.8. The lowest BCUT2D eigenvalue weighted by atomic mass is 9.47. The fourth-order valence-electron chi connectivity index (χ4n) is 14.7. The summed E-state index contributed by atoms with van der Waals surface area (Å²) in [5.74, 6) is 4.36. The zero-order valence-corrected chi connectivity index (χ0v) is 34.9. The molecule has 3 N–H and O–H groups in total. The largest absolute Gasteiger partial charge is 0.497 e. The summed E-state index contributed by atoms with van der Waals surface area (Å²) >= 11 is 0. The van der Waals surface area contributed by atoms with Crippen molar-refractivity contribution in [3.63, 3.8) is 0 Å². The third-order valence-electron chi connectivity index (χ3n) is 17.8. The quantitative estimate of drug-likeness (QED) is 0.369. The van der Waals surface area contributed by atoms with Gasteiger partial charge in [-0.2, -0.15) is 0 Å². The molecule has 312 valence electrons. The van der Waals surface area contributed by atoms with Gasteiger partial charge in [-0.15, -0.1) is 0 Å². The van der Waals surface area contributed by atoms with Gasteiger partial charge in [-0.1, -0.05) is 12.1 Å². The van der Waals surface area contributed by atoms with Gasteiger partial charge in [0.15, 0.2) is 0 Å². The zero-order valence-electron chi connectivity index (χ0n) is 34.9. The molecule has 0 aromatic heterocycles. The second-order valence-corrected chi connectivity index (χ2v) is 20.5. The molecule has 10 atom stereocenters. The van der Waals surface area contributed by atoms with E-state index in [1.165, 1.54) is 47.9 Å². The fourth-order valence-corrected chi connectivity index (χ4v) is 14.7. The van der Waals surface area contributed by atoms with E-state index in [1.807, 2.05) is 0 Å². The number of piperidine rings is 2. The van der Waals surface area contributed by atoms with Gasteiger partial charge in [0.1, 0.15) is 11.5 Å². The highest BCUT2D eigenvalue weighted by atomic mass is 16.5. The number of aliphatic hydroxyl groups is 2. The van der Waals surface area contributed by atoms with Gasteiger partial charge in [0, 0.05) is 67.5 Å². The number of likely N-dealkylation sites (tertiary alicyclic amines) is 3. The van der Waals surface area contributed by atoms with Gasteiger partial charge in [0.25, 0.3) is 0 Å². The summed E-state index contributed by atoms with van der Waals surface area (Å²) in [5, 5.41) is 28.2. The highest BCUT2D eigenvalue weighted by Crippen LogP contribution is 2.63. The normalized spacial score (nSPS) is 40.8. The highest BCUT2D eigenvalue weighted by molar-refractivity contribution is 5.80. The predicted molar refractivity (Wildman–Crippen MR) is 220 cm³/mol. The molecule has 4 heterocycles. The van der Waals surface area contributed by atoms with Crippen LogP contribution in [0.2, 0.25) is 0 Å². The van der Waals surface area contributed by atoms with Crippen molar-refractivity contribution in [1.82, 2.24) is 20.0 Å². The van der Waals surface area contributed by atoms with Crippen molar-refractivity contribution in [2.24, 2.45) is 23.7 Å². The maximum Gasteiger partial charge on any atom is 0.223 e. The SMILES string of the molecule is CCN1C(=O)C[C@@H]2C[C@@]3(O)[C@H]4Cc5ccc(OC)cc5[C@@]3(CCN4CC3CC3)C[C@@H]21.COc1ccc2c(c1)[C@]13CCN(CC4CC4)[C@H](C2)[C@]1(O)C[C@H]1CC(=O)N[C@H]1C3. The second-order valence-electron chi connectivity index (χ2n) is 20.5. The van der Waals surface area contributed by atoms with Crippen molar-refractivity contribution in [1.29, 1.82) is 0 Å². The first-order valence-corrected chi connectivity index (χ1v) is 22.9. The van der Waals surface area contributed by atoms with E-state index in [4.69, 9.17) is 9.47 Å². The molecular formula is C48H64N4O6. The van der Waals surface area contributed by atoms with E-state index in [9.17, 15) is 19.8 Å². The van der Waals surface area contributed by atoms with E-state index in [0.29, 0.717) is 12.8 Å². The van der Waals surface area contributed by atoms with Gasteiger partial charge in [0.2, 0.25) is 11.8 Å². The van der Waals surface area contributed by atoms with Crippen LogP contribution in [0.4, 0.5) is 0 Å². The van der Waals surface area contributed by atoms with Gasteiger partial charge in [-0.05, 0) is 167 Å². The third-order valence-corrected chi connectivity index (χ3v) is 17.8. The highest BCUT2D eigenvalue weighted by Gasteiger charge is 2.69. The van der Waals surface area contributed by atoms with Crippen LogP contribution in [0.15, 0.2) is 36.4 Å². The second kappa shape index (κ2) is 13.4.